The minimum Gasteiger partial charge on any atom is -0.465 e. The van der Waals surface area contributed by atoms with Gasteiger partial charge in [0.15, 0.2) is 5.75 Å². The number of likely N-dealkylation sites (tertiary alicyclic amines) is 1. The summed E-state index contributed by atoms with van der Waals surface area (Å²) in [5.41, 5.74) is 0.652. The molecule has 6 heteroatoms. The smallest absolute Gasteiger partial charge is 0.241 e. The number of carbonyl (C=O) groups excluding carboxylic acids is 1. The maximum atomic E-state index is 13.0. The van der Waals surface area contributed by atoms with Gasteiger partial charge >= 0.3 is 0 Å². The molecule has 1 saturated heterocycles. The lowest BCUT2D eigenvalue weighted by atomic mass is 10.2. The number of furan rings is 1. The third kappa shape index (κ3) is 4.66. The van der Waals surface area contributed by atoms with Gasteiger partial charge in [0.25, 0.3) is 0 Å². The molecule has 1 aromatic carbocycles. The Balaban J connectivity index is 1.44. The Hall–Kier alpha value is -3.12. The molecule has 6 nitrogen and oxygen atoms in total. The number of anilines is 1. The van der Waals surface area contributed by atoms with Crippen molar-refractivity contribution in [1.29, 1.82) is 0 Å². The molecule has 0 bridgehead atoms. The second kappa shape index (κ2) is 8.92. The number of nitrogens with one attached hydrogen (secondary N) is 1. The first kappa shape index (κ1) is 19.2. The Morgan fingerprint density at radius 3 is 2.86 bits per heavy atom. The van der Waals surface area contributed by atoms with Crippen LogP contribution in [0.15, 0.2) is 65.3 Å². The topological polar surface area (TPSA) is 67.6 Å². The second-order valence-corrected chi connectivity index (χ2v) is 7.13. The van der Waals surface area contributed by atoms with Crippen LogP contribution in [0.1, 0.15) is 31.3 Å². The molecular weight excluding hydrogens is 366 g/mol. The number of nitrogens with zero attached hydrogens (tertiary/aromatic N) is 2. The summed E-state index contributed by atoms with van der Waals surface area (Å²) in [6.45, 7) is 3.60. The van der Waals surface area contributed by atoms with E-state index in [1.807, 2.05) is 48.5 Å². The second-order valence-electron chi connectivity index (χ2n) is 7.13. The van der Waals surface area contributed by atoms with Gasteiger partial charge in [0.05, 0.1) is 24.5 Å². The fourth-order valence-electron chi connectivity index (χ4n) is 3.62. The summed E-state index contributed by atoms with van der Waals surface area (Å²) in [6, 6.07) is 14.9. The van der Waals surface area contributed by atoms with Gasteiger partial charge in [-0.15, -0.1) is 0 Å². The van der Waals surface area contributed by atoms with E-state index in [0.29, 0.717) is 23.7 Å². The van der Waals surface area contributed by atoms with Crippen molar-refractivity contribution >= 4 is 11.6 Å². The van der Waals surface area contributed by atoms with Gasteiger partial charge in [-0.25, -0.2) is 0 Å². The lowest BCUT2D eigenvalue weighted by molar-refractivity contribution is -0.120. The highest BCUT2D eigenvalue weighted by molar-refractivity contribution is 5.96. The molecule has 4 rings (SSSR count). The summed E-state index contributed by atoms with van der Waals surface area (Å²) in [7, 11) is 0. The first-order valence-electron chi connectivity index (χ1n) is 10.0. The van der Waals surface area contributed by atoms with E-state index in [4.69, 9.17) is 9.15 Å². The number of para-hydroxylation sites is 2. The van der Waals surface area contributed by atoms with E-state index in [1.54, 1.807) is 12.4 Å². The molecule has 1 aliphatic heterocycles. The van der Waals surface area contributed by atoms with E-state index in [2.05, 4.69) is 22.1 Å². The lowest BCUT2D eigenvalue weighted by Crippen LogP contribution is -2.39. The molecule has 1 atom stereocenters. The number of hydrogen-bond acceptors (Lipinski definition) is 5. The molecule has 1 amide bonds. The molecule has 1 fully saturated rings. The van der Waals surface area contributed by atoms with Crippen molar-refractivity contribution in [1.82, 2.24) is 9.88 Å². The molecule has 1 aliphatic rings. The molecule has 0 radical (unpaired) electrons. The number of pyridine rings is 1. The normalized spacial score (nSPS) is 16.7. The van der Waals surface area contributed by atoms with Crippen molar-refractivity contribution in [3.8, 4) is 11.5 Å². The number of hydrogen-bond donors (Lipinski definition) is 1. The minimum absolute atomic E-state index is 0.0213. The number of benzene rings is 1. The first-order chi connectivity index (χ1) is 14.2. The Bertz CT molecular complexity index is 955. The van der Waals surface area contributed by atoms with Crippen molar-refractivity contribution in [3.05, 3.63) is 72.4 Å². The molecule has 0 spiro atoms. The standard InChI is InChI=1S/C23H25N3O3/c1-2-17-11-12-19(28-17)16-26-14-6-9-21(26)23(27)25-20-8-3-4-10-22(20)29-18-7-5-13-24-15-18/h3-5,7-8,10-13,15,21H,2,6,9,14,16H2,1H3,(H,25,27)/t21-/m0/s1. The highest BCUT2D eigenvalue weighted by atomic mass is 16.5. The lowest BCUT2D eigenvalue weighted by Gasteiger charge is -2.23. The molecule has 3 heterocycles. The van der Waals surface area contributed by atoms with Crippen molar-refractivity contribution in [2.24, 2.45) is 0 Å². The van der Waals surface area contributed by atoms with Gasteiger partial charge < -0.3 is 14.5 Å². The van der Waals surface area contributed by atoms with E-state index in [0.717, 1.165) is 37.3 Å². The van der Waals surface area contributed by atoms with Gasteiger partial charge in [0.2, 0.25) is 5.91 Å². The van der Waals surface area contributed by atoms with Crippen molar-refractivity contribution in [3.63, 3.8) is 0 Å². The van der Waals surface area contributed by atoms with E-state index in [1.165, 1.54) is 0 Å². The zero-order valence-corrected chi connectivity index (χ0v) is 16.5. The van der Waals surface area contributed by atoms with Crippen molar-refractivity contribution < 1.29 is 13.9 Å². The molecule has 3 aromatic rings. The third-order valence-corrected chi connectivity index (χ3v) is 5.10. The summed E-state index contributed by atoms with van der Waals surface area (Å²) in [5, 5.41) is 3.05. The number of amides is 1. The van der Waals surface area contributed by atoms with E-state index in [9.17, 15) is 4.79 Å². The fraction of sp³-hybridized carbons (Fsp3) is 0.304. The predicted molar refractivity (Wildman–Crippen MR) is 111 cm³/mol. The van der Waals surface area contributed by atoms with Crippen LogP contribution in [0.3, 0.4) is 0 Å². The summed E-state index contributed by atoms with van der Waals surface area (Å²) >= 11 is 0. The fourth-order valence-corrected chi connectivity index (χ4v) is 3.62. The monoisotopic (exact) mass is 391 g/mol. The zero-order chi connectivity index (χ0) is 20.1. The van der Waals surface area contributed by atoms with Crippen LogP contribution in [0.5, 0.6) is 11.5 Å². The van der Waals surface area contributed by atoms with Crippen LogP contribution in [0.25, 0.3) is 0 Å². The molecule has 1 N–H and O–H groups in total. The average Bonchev–Trinajstić information content (AvgIpc) is 3.40. The Labute approximate surface area is 170 Å². The largest absolute Gasteiger partial charge is 0.465 e. The van der Waals surface area contributed by atoms with Crippen LogP contribution >= 0.6 is 0 Å². The SMILES string of the molecule is CCc1ccc(CN2CCC[C@H]2C(=O)Nc2ccccc2Oc2cccnc2)o1. The van der Waals surface area contributed by atoms with Crippen LogP contribution in [0.2, 0.25) is 0 Å². The minimum atomic E-state index is -0.184. The highest BCUT2D eigenvalue weighted by Crippen LogP contribution is 2.30. The van der Waals surface area contributed by atoms with Gasteiger partial charge in [-0.05, 0) is 55.8 Å². The van der Waals surface area contributed by atoms with Gasteiger partial charge in [-0.1, -0.05) is 19.1 Å². The van der Waals surface area contributed by atoms with E-state index in [-0.39, 0.29) is 11.9 Å². The van der Waals surface area contributed by atoms with Crippen molar-refractivity contribution in [2.75, 3.05) is 11.9 Å². The van der Waals surface area contributed by atoms with Gasteiger partial charge in [0.1, 0.15) is 17.3 Å². The quantitative estimate of drug-likeness (QED) is 0.636. The Morgan fingerprint density at radius 2 is 2.07 bits per heavy atom. The number of carbonyl (C=O) groups is 1. The van der Waals surface area contributed by atoms with Crippen LogP contribution in [-0.4, -0.2) is 28.4 Å². The molecule has 0 aliphatic carbocycles. The molecule has 0 unspecified atom stereocenters. The first-order valence-corrected chi connectivity index (χ1v) is 10.0. The summed E-state index contributed by atoms with van der Waals surface area (Å²) < 4.78 is 11.7. The van der Waals surface area contributed by atoms with Crippen molar-refractivity contribution in [2.45, 2.75) is 38.8 Å². The molecule has 0 saturated carbocycles. The summed E-state index contributed by atoms with van der Waals surface area (Å²) in [4.78, 5) is 19.3. The summed E-state index contributed by atoms with van der Waals surface area (Å²) in [5.74, 6) is 3.08. The van der Waals surface area contributed by atoms with E-state index >= 15 is 0 Å². The highest BCUT2D eigenvalue weighted by Gasteiger charge is 2.31. The summed E-state index contributed by atoms with van der Waals surface area (Å²) in [6.07, 6.45) is 6.03. The number of rotatable bonds is 7. The molecular formula is C23H25N3O3. The number of aryl methyl sites for hydroxylation is 1. The Morgan fingerprint density at radius 1 is 1.21 bits per heavy atom. The number of aromatic nitrogens is 1. The van der Waals surface area contributed by atoms with Crippen LogP contribution < -0.4 is 10.1 Å². The Kier molecular flexibility index (Phi) is 5.91. The maximum absolute atomic E-state index is 13.0. The molecule has 2 aromatic heterocycles. The van der Waals surface area contributed by atoms with Crippen LogP contribution in [-0.2, 0) is 17.8 Å². The van der Waals surface area contributed by atoms with Gasteiger partial charge in [-0.2, -0.15) is 0 Å². The molecule has 29 heavy (non-hydrogen) atoms. The van der Waals surface area contributed by atoms with Crippen LogP contribution in [0.4, 0.5) is 5.69 Å². The van der Waals surface area contributed by atoms with Crippen LogP contribution in [0, 0.1) is 0 Å². The average molecular weight is 391 g/mol. The maximum Gasteiger partial charge on any atom is 0.241 e. The van der Waals surface area contributed by atoms with E-state index < -0.39 is 0 Å². The third-order valence-electron chi connectivity index (χ3n) is 5.10. The zero-order valence-electron chi connectivity index (χ0n) is 16.5. The van der Waals surface area contributed by atoms with Gasteiger partial charge in [0, 0.05) is 12.6 Å². The number of ether oxygens (including phenoxy) is 1. The van der Waals surface area contributed by atoms with Gasteiger partial charge in [-0.3, -0.25) is 14.7 Å². The molecule has 150 valence electrons. The predicted octanol–water partition coefficient (Wildman–Crippen LogP) is 4.63.